The SMILES string of the molecule is CCC(CC)N(C)c1ccc(CN)c(F)c1F. The van der Waals surface area contributed by atoms with Crippen molar-refractivity contribution < 1.29 is 8.78 Å². The summed E-state index contributed by atoms with van der Waals surface area (Å²) in [6.07, 6.45) is 1.79. The lowest BCUT2D eigenvalue weighted by Gasteiger charge is -2.29. The zero-order chi connectivity index (χ0) is 13.0. The highest BCUT2D eigenvalue weighted by Crippen LogP contribution is 2.26. The van der Waals surface area contributed by atoms with E-state index in [-0.39, 0.29) is 18.2 Å². The quantitative estimate of drug-likeness (QED) is 0.860. The van der Waals surface area contributed by atoms with Gasteiger partial charge >= 0.3 is 0 Å². The molecule has 0 atom stereocenters. The van der Waals surface area contributed by atoms with Crippen molar-refractivity contribution in [3.8, 4) is 0 Å². The fraction of sp³-hybridized carbons (Fsp3) is 0.538. The second-order valence-electron chi connectivity index (χ2n) is 4.16. The second kappa shape index (κ2) is 5.96. The van der Waals surface area contributed by atoms with Crippen LogP contribution in [0.5, 0.6) is 0 Å². The Morgan fingerprint density at radius 2 is 1.76 bits per heavy atom. The van der Waals surface area contributed by atoms with Crippen LogP contribution in [0.2, 0.25) is 0 Å². The standard InChI is InChI=1S/C13H20F2N2/c1-4-10(5-2)17(3)11-7-6-9(8-16)12(14)13(11)15/h6-7,10H,4-5,8,16H2,1-3H3. The summed E-state index contributed by atoms with van der Waals surface area (Å²) in [7, 11) is 1.79. The van der Waals surface area contributed by atoms with E-state index in [2.05, 4.69) is 0 Å². The molecule has 0 aliphatic heterocycles. The van der Waals surface area contributed by atoms with Crippen molar-refractivity contribution in [2.75, 3.05) is 11.9 Å². The van der Waals surface area contributed by atoms with Gasteiger partial charge in [0, 0.05) is 25.2 Å². The molecule has 0 unspecified atom stereocenters. The number of hydrogen-bond acceptors (Lipinski definition) is 2. The van der Waals surface area contributed by atoms with Crippen LogP contribution in [0.3, 0.4) is 0 Å². The molecule has 1 aromatic carbocycles. The zero-order valence-corrected chi connectivity index (χ0v) is 10.6. The Kier molecular flexibility index (Phi) is 4.87. The molecule has 0 aliphatic rings. The summed E-state index contributed by atoms with van der Waals surface area (Å²) in [6.45, 7) is 4.08. The van der Waals surface area contributed by atoms with Gasteiger partial charge in [0.1, 0.15) is 0 Å². The summed E-state index contributed by atoms with van der Waals surface area (Å²) in [5, 5.41) is 0. The molecule has 4 heteroatoms. The van der Waals surface area contributed by atoms with E-state index in [0.29, 0.717) is 5.69 Å². The Labute approximate surface area is 101 Å². The lowest BCUT2D eigenvalue weighted by molar-refractivity contribution is 0.490. The minimum Gasteiger partial charge on any atom is -0.369 e. The van der Waals surface area contributed by atoms with Crippen LogP contribution in [-0.4, -0.2) is 13.1 Å². The first-order valence-corrected chi connectivity index (χ1v) is 5.96. The maximum atomic E-state index is 13.9. The van der Waals surface area contributed by atoms with E-state index in [1.807, 2.05) is 13.8 Å². The van der Waals surface area contributed by atoms with Gasteiger partial charge in [0.15, 0.2) is 11.6 Å². The first-order valence-electron chi connectivity index (χ1n) is 5.96. The molecule has 2 nitrogen and oxygen atoms in total. The number of rotatable bonds is 5. The van der Waals surface area contributed by atoms with Gasteiger partial charge < -0.3 is 10.6 Å². The van der Waals surface area contributed by atoms with Gasteiger partial charge in [0.2, 0.25) is 0 Å². The minimum atomic E-state index is -0.831. The largest absolute Gasteiger partial charge is 0.369 e. The molecule has 0 saturated carbocycles. The molecular formula is C13H20F2N2. The summed E-state index contributed by atoms with van der Waals surface area (Å²) in [5.41, 5.74) is 5.85. The van der Waals surface area contributed by atoms with Crippen LogP contribution in [0, 0.1) is 11.6 Å². The highest BCUT2D eigenvalue weighted by Gasteiger charge is 2.19. The fourth-order valence-corrected chi connectivity index (χ4v) is 2.04. The highest BCUT2D eigenvalue weighted by atomic mass is 19.2. The van der Waals surface area contributed by atoms with Crippen LogP contribution >= 0.6 is 0 Å². The topological polar surface area (TPSA) is 29.3 Å². The van der Waals surface area contributed by atoms with Gasteiger partial charge in [0.25, 0.3) is 0 Å². The van der Waals surface area contributed by atoms with Crippen LogP contribution in [-0.2, 0) is 6.54 Å². The highest BCUT2D eigenvalue weighted by molar-refractivity contribution is 5.50. The van der Waals surface area contributed by atoms with E-state index in [4.69, 9.17) is 5.73 Å². The van der Waals surface area contributed by atoms with E-state index >= 15 is 0 Å². The smallest absolute Gasteiger partial charge is 0.182 e. The van der Waals surface area contributed by atoms with E-state index in [0.717, 1.165) is 12.8 Å². The molecule has 0 aliphatic carbocycles. The average molecular weight is 242 g/mol. The normalized spacial score (nSPS) is 11.0. The number of anilines is 1. The molecule has 96 valence electrons. The molecule has 0 bridgehead atoms. The number of nitrogens with zero attached hydrogens (tertiary/aromatic N) is 1. The van der Waals surface area contributed by atoms with Gasteiger partial charge in [-0.15, -0.1) is 0 Å². The maximum Gasteiger partial charge on any atom is 0.182 e. The Morgan fingerprint density at radius 3 is 2.24 bits per heavy atom. The molecule has 0 spiro atoms. The number of benzene rings is 1. The fourth-order valence-electron chi connectivity index (χ4n) is 2.04. The first-order chi connectivity index (χ1) is 8.06. The van der Waals surface area contributed by atoms with Crippen molar-refractivity contribution in [3.05, 3.63) is 29.3 Å². The van der Waals surface area contributed by atoms with Gasteiger partial charge in [-0.05, 0) is 18.9 Å². The molecule has 0 amide bonds. The molecule has 0 heterocycles. The molecule has 1 aromatic rings. The van der Waals surface area contributed by atoms with E-state index < -0.39 is 11.6 Å². The van der Waals surface area contributed by atoms with Gasteiger partial charge in [0.05, 0.1) is 5.69 Å². The van der Waals surface area contributed by atoms with Crippen molar-refractivity contribution in [2.24, 2.45) is 5.73 Å². The van der Waals surface area contributed by atoms with Crippen molar-refractivity contribution in [1.29, 1.82) is 0 Å². The molecule has 0 saturated heterocycles. The minimum absolute atomic E-state index is 0.0116. The third kappa shape index (κ3) is 2.75. The van der Waals surface area contributed by atoms with Crippen molar-refractivity contribution in [2.45, 2.75) is 39.3 Å². The summed E-state index contributed by atoms with van der Waals surface area (Å²) in [6, 6.07) is 3.36. The lowest BCUT2D eigenvalue weighted by atomic mass is 10.1. The summed E-state index contributed by atoms with van der Waals surface area (Å²) >= 11 is 0. The van der Waals surface area contributed by atoms with Crippen LogP contribution in [0.4, 0.5) is 14.5 Å². The number of halogens is 2. The van der Waals surface area contributed by atoms with Gasteiger partial charge in [-0.1, -0.05) is 19.9 Å². The predicted molar refractivity (Wildman–Crippen MR) is 67.0 cm³/mol. The third-order valence-corrected chi connectivity index (χ3v) is 3.23. The maximum absolute atomic E-state index is 13.9. The lowest BCUT2D eigenvalue weighted by Crippen LogP contribution is -2.31. The summed E-state index contributed by atoms with van der Waals surface area (Å²) in [4.78, 5) is 1.79. The van der Waals surface area contributed by atoms with E-state index in [1.54, 1.807) is 24.1 Å². The number of hydrogen-bond donors (Lipinski definition) is 1. The van der Waals surface area contributed by atoms with Crippen LogP contribution in [0.15, 0.2) is 12.1 Å². The van der Waals surface area contributed by atoms with Gasteiger partial charge in [-0.2, -0.15) is 0 Å². The molecule has 0 radical (unpaired) electrons. The van der Waals surface area contributed by atoms with Gasteiger partial charge in [-0.3, -0.25) is 0 Å². The third-order valence-electron chi connectivity index (χ3n) is 3.23. The monoisotopic (exact) mass is 242 g/mol. The Morgan fingerprint density at radius 1 is 1.18 bits per heavy atom. The molecule has 0 aromatic heterocycles. The summed E-state index contributed by atoms with van der Waals surface area (Å²) < 4.78 is 27.5. The van der Waals surface area contributed by atoms with Crippen molar-refractivity contribution >= 4 is 5.69 Å². The number of nitrogens with two attached hydrogens (primary N) is 1. The molecule has 0 fully saturated rings. The zero-order valence-electron chi connectivity index (χ0n) is 10.6. The van der Waals surface area contributed by atoms with E-state index in [1.165, 1.54) is 0 Å². The van der Waals surface area contributed by atoms with Crippen molar-refractivity contribution in [1.82, 2.24) is 0 Å². The van der Waals surface area contributed by atoms with Gasteiger partial charge in [-0.25, -0.2) is 8.78 Å². The van der Waals surface area contributed by atoms with Crippen LogP contribution in [0.1, 0.15) is 32.3 Å². The van der Waals surface area contributed by atoms with Crippen molar-refractivity contribution in [3.63, 3.8) is 0 Å². The summed E-state index contributed by atoms with van der Waals surface area (Å²) in [5.74, 6) is -1.63. The molecule has 17 heavy (non-hydrogen) atoms. The molecular weight excluding hydrogens is 222 g/mol. The Bertz CT molecular complexity index is 376. The predicted octanol–water partition coefficient (Wildman–Crippen LogP) is 3.05. The Hall–Kier alpha value is -1.16. The van der Waals surface area contributed by atoms with Crippen LogP contribution in [0.25, 0.3) is 0 Å². The first kappa shape index (κ1) is 13.9. The Balaban J connectivity index is 3.10. The molecule has 1 rings (SSSR count). The average Bonchev–Trinajstić information content (AvgIpc) is 2.34. The van der Waals surface area contributed by atoms with Crippen LogP contribution < -0.4 is 10.6 Å². The molecule has 2 N–H and O–H groups in total. The second-order valence-corrected chi connectivity index (χ2v) is 4.16. The van der Waals surface area contributed by atoms with E-state index in [9.17, 15) is 8.78 Å².